The summed E-state index contributed by atoms with van der Waals surface area (Å²) in [5.41, 5.74) is 3.39. The number of nitrogens with one attached hydrogen (secondary N) is 1. The van der Waals surface area contributed by atoms with Gasteiger partial charge in [-0.3, -0.25) is 0 Å². The number of rotatable bonds is 7. The first-order chi connectivity index (χ1) is 9.10. The first kappa shape index (κ1) is 14.0. The molecule has 1 N–H and O–H groups in total. The molecule has 0 bridgehead atoms. The molecule has 4 nitrogen and oxygen atoms in total. The average molecular weight is 260 g/mol. The molecular formula is C15H24N4. The van der Waals surface area contributed by atoms with E-state index in [1.54, 1.807) is 0 Å². The first-order valence-electron chi connectivity index (χ1n) is 7.05. The molecule has 0 spiro atoms. The molecular weight excluding hydrogens is 236 g/mol. The van der Waals surface area contributed by atoms with Crippen LogP contribution in [0, 0.1) is 6.92 Å². The van der Waals surface area contributed by atoms with Crippen molar-refractivity contribution in [1.82, 2.24) is 15.3 Å². The number of likely N-dealkylation sites (N-methyl/N-ethyl adjacent to an activating group) is 1. The van der Waals surface area contributed by atoms with Crippen molar-refractivity contribution in [2.24, 2.45) is 0 Å². The zero-order valence-electron chi connectivity index (χ0n) is 12.2. The van der Waals surface area contributed by atoms with Crippen molar-refractivity contribution < 1.29 is 0 Å². The van der Waals surface area contributed by atoms with Crippen LogP contribution in [0.5, 0.6) is 0 Å². The van der Waals surface area contributed by atoms with Crippen LogP contribution in [0.15, 0.2) is 18.3 Å². The predicted molar refractivity (Wildman–Crippen MR) is 79.3 cm³/mol. The number of anilines is 1. The maximum absolute atomic E-state index is 4.63. The van der Waals surface area contributed by atoms with E-state index < -0.39 is 0 Å². The molecule has 0 aliphatic heterocycles. The lowest BCUT2D eigenvalue weighted by atomic mass is 10.2. The lowest BCUT2D eigenvalue weighted by Gasteiger charge is -2.21. The van der Waals surface area contributed by atoms with E-state index in [0.717, 1.165) is 42.9 Å². The van der Waals surface area contributed by atoms with Crippen molar-refractivity contribution in [3.63, 3.8) is 0 Å². The van der Waals surface area contributed by atoms with Crippen LogP contribution in [0.4, 0.5) is 5.95 Å². The van der Waals surface area contributed by atoms with Crippen LogP contribution in [-0.2, 0) is 6.54 Å². The molecule has 0 radical (unpaired) electrons. The van der Waals surface area contributed by atoms with Crippen molar-refractivity contribution in [3.8, 4) is 0 Å². The molecule has 1 aromatic rings. The van der Waals surface area contributed by atoms with Gasteiger partial charge in [0.1, 0.15) is 0 Å². The van der Waals surface area contributed by atoms with E-state index in [2.05, 4.69) is 40.6 Å². The molecule has 4 heteroatoms. The Morgan fingerprint density at radius 1 is 1.53 bits per heavy atom. The third-order valence-electron chi connectivity index (χ3n) is 3.35. The average Bonchev–Trinajstić information content (AvgIpc) is 3.18. The van der Waals surface area contributed by atoms with Crippen molar-refractivity contribution in [2.75, 3.05) is 18.0 Å². The summed E-state index contributed by atoms with van der Waals surface area (Å²) in [6.07, 6.45) is 4.56. The minimum absolute atomic E-state index is 0.717. The lowest BCUT2D eigenvalue weighted by Crippen LogP contribution is -2.27. The van der Waals surface area contributed by atoms with Crippen LogP contribution in [0.3, 0.4) is 0 Å². The van der Waals surface area contributed by atoms with Crippen LogP contribution in [0.1, 0.15) is 37.9 Å². The number of aryl methyl sites for hydroxylation is 1. The second-order valence-corrected chi connectivity index (χ2v) is 5.41. The van der Waals surface area contributed by atoms with E-state index in [9.17, 15) is 0 Å². The Hall–Kier alpha value is -1.42. The van der Waals surface area contributed by atoms with E-state index in [0.29, 0.717) is 0 Å². The Labute approximate surface area is 115 Å². The fourth-order valence-electron chi connectivity index (χ4n) is 2.00. The van der Waals surface area contributed by atoms with Gasteiger partial charge in [-0.2, -0.15) is 0 Å². The van der Waals surface area contributed by atoms with Gasteiger partial charge in [0.15, 0.2) is 0 Å². The zero-order chi connectivity index (χ0) is 13.8. The maximum Gasteiger partial charge on any atom is 0.225 e. The van der Waals surface area contributed by atoms with Gasteiger partial charge in [-0.1, -0.05) is 12.2 Å². The molecule has 1 aliphatic rings. The third-order valence-corrected chi connectivity index (χ3v) is 3.35. The topological polar surface area (TPSA) is 41.1 Å². The van der Waals surface area contributed by atoms with Gasteiger partial charge in [-0.25, -0.2) is 9.97 Å². The summed E-state index contributed by atoms with van der Waals surface area (Å²) in [6.45, 7) is 12.8. The second kappa shape index (κ2) is 6.15. The number of nitrogens with zero attached hydrogens (tertiary/aromatic N) is 3. The molecule has 0 saturated heterocycles. The number of hydrogen-bond donors (Lipinski definition) is 1. The highest BCUT2D eigenvalue weighted by atomic mass is 15.2. The molecule has 104 valence electrons. The molecule has 1 aromatic heterocycles. The van der Waals surface area contributed by atoms with Gasteiger partial charge in [0, 0.05) is 43.1 Å². The van der Waals surface area contributed by atoms with Crippen molar-refractivity contribution in [2.45, 2.75) is 46.2 Å². The largest absolute Gasteiger partial charge is 0.337 e. The molecule has 1 saturated carbocycles. The molecule has 0 amide bonds. The van der Waals surface area contributed by atoms with Gasteiger partial charge < -0.3 is 10.2 Å². The highest BCUT2D eigenvalue weighted by Gasteiger charge is 2.20. The number of hydrogen-bond acceptors (Lipinski definition) is 4. The SMILES string of the molecule is C=C(C)CN(CC)c1ncc(CNC2CC2)c(C)n1. The summed E-state index contributed by atoms with van der Waals surface area (Å²) in [6, 6.07) is 0.717. The van der Waals surface area contributed by atoms with Crippen LogP contribution in [-0.4, -0.2) is 29.1 Å². The summed E-state index contributed by atoms with van der Waals surface area (Å²) in [5.74, 6) is 0.804. The Morgan fingerprint density at radius 3 is 2.79 bits per heavy atom. The fourth-order valence-corrected chi connectivity index (χ4v) is 2.00. The lowest BCUT2D eigenvalue weighted by molar-refractivity contribution is 0.678. The molecule has 0 unspecified atom stereocenters. The van der Waals surface area contributed by atoms with Crippen molar-refractivity contribution in [3.05, 3.63) is 29.6 Å². The molecule has 1 fully saturated rings. The molecule has 0 atom stereocenters. The monoisotopic (exact) mass is 260 g/mol. The highest BCUT2D eigenvalue weighted by Crippen LogP contribution is 2.20. The minimum Gasteiger partial charge on any atom is -0.337 e. The van der Waals surface area contributed by atoms with Crippen LogP contribution >= 0.6 is 0 Å². The Morgan fingerprint density at radius 2 is 2.26 bits per heavy atom. The van der Waals surface area contributed by atoms with Gasteiger partial charge in [0.2, 0.25) is 5.95 Å². The molecule has 19 heavy (non-hydrogen) atoms. The fraction of sp³-hybridized carbons (Fsp3) is 0.600. The van der Waals surface area contributed by atoms with Crippen molar-refractivity contribution >= 4 is 5.95 Å². The molecule has 0 aromatic carbocycles. The second-order valence-electron chi connectivity index (χ2n) is 5.41. The molecule has 1 heterocycles. The smallest absolute Gasteiger partial charge is 0.225 e. The quantitative estimate of drug-likeness (QED) is 0.765. The molecule has 1 aliphatic carbocycles. The summed E-state index contributed by atoms with van der Waals surface area (Å²) < 4.78 is 0. The summed E-state index contributed by atoms with van der Waals surface area (Å²) >= 11 is 0. The minimum atomic E-state index is 0.717. The Balaban J connectivity index is 2.04. The predicted octanol–water partition coefficient (Wildman–Crippen LogP) is 2.44. The van der Waals surface area contributed by atoms with Gasteiger partial charge in [0.05, 0.1) is 0 Å². The van der Waals surface area contributed by atoms with E-state index in [1.807, 2.05) is 13.1 Å². The zero-order valence-corrected chi connectivity index (χ0v) is 12.2. The Kier molecular flexibility index (Phi) is 4.53. The summed E-state index contributed by atoms with van der Waals surface area (Å²) in [5, 5.41) is 3.50. The summed E-state index contributed by atoms with van der Waals surface area (Å²) in [4.78, 5) is 11.3. The standard InChI is InChI=1S/C15H24N4/c1-5-19(10-11(2)3)15-17-9-13(12(4)18-15)8-16-14-6-7-14/h9,14,16H,2,5-8,10H2,1,3-4H3. The van der Waals surface area contributed by atoms with Crippen LogP contribution < -0.4 is 10.2 Å². The van der Waals surface area contributed by atoms with Gasteiger partial charge in [0.25, 0.3) is 0 Å². The van der Waals surface area contributed by atoms with Gasteiger partial charge in [-0.15, -0.1) is 0 Å². The summed E-state index contributed by atoms with van der Waals surface area (Å²) in [7, 11) is 0. The van der Waals surface area contributed by atoms with E-state index in [1.165, 1.54) is 18.4 Å². The van der Waals surface area contributed by atoms with Crippen molar-refractivity contribution in [1.29, 1.82) is 0 Å². The Bertz CT molecular complexity index is 451. The van der Waals surface area contributed by atoms with Gasteiger partial charge in [-0.05, 0) is 33.6 Å². The normalized spacial score (nSPS) is 14.5. The van der Waals surface area contributed by atoms with E-state index in [4.69, 9.17) is 0 Å². The van der Waals surface area contributed by atoms with Gasteiger partial charge >= 0.3 is 0 Å². The number of aromatic nitrogens is 2. The third kappa shape index (κ3) is 4.03. The van der Waals surface area contributed by atoms with Crippen LogP contribution in [0.25, 0.3) is 0 Å². The van der Waals surface area contributed by atoms with Crippen LogP contribution in [0.2, 0.25) is 0 Å². The first-order valence-corrected chi connectivity index (χ1v) is 7.05. The highest BCUT2D eigenvalue weighted by molar-refractivity contribution is 5.34. The maximum atomic E-state index is 4.63. The molecule has 2 rings (SSSR count). The van der Waals surface area contributed by atoms with E-state index >= 15 is 0 Å². The van der Waals surface area contributed by atoms with E-state index in [-0.39, 0.29) is 0 Å².